The number of carbonyl (C=O) groups is 1. The van der Waals surface area contributed by atoms with Crippen LogP contribution in [0.2, 0.25) is 0 Å². The maximum absolute atomic E-state index is 12.2. The van der Waals surface area contributed by atoms with E-state index in [4.69, 9.17) is 4.74 Å². The first-order valence-corrected chi connectivity index (χ1v) is 7.02. The molecule has 0 spiro atoms. The van der Waals surface area contributed by atoms with E-state index in [1.807, 2.05) is 29.2 Å². The minimum Gasteiger partial charge on any atom is -0.491 e. The Kier molecular flexibility index (Phi) is 4.53. The van der Waals surface area contributed by atoms with Gasteiger partial charge in [-0.1, -0.05) is 25.5 Å². The van der Waals surface area contributed by atoms with E-state index in [1.165, 1.54) is 0 Å². The second-order valence-electron chi connectivity index (χ2n) is 4.53. The predicted molar refractivity (Wildman–Crippen MR) is 76.5 cm³/mol. The van der Waals surface area contributed by atoms with Gasteiger partial charge in [0.2, 0.25) is 5.91 Å². The minimum atomic E-state index is 0.139. The summed E-state index contributed by atoms with van der Waals surface area (Å²) in [6.07, 6.45) is 1.47. The Balaban J connectivity index is 2.28. The fourth-order valence-corrected chi connectivity index (χ4v) is 2.47. The number of ether oxygens (including phenoxy) is 1. The topological polar surface area (TPSA) is 29.5 Å². The largest absolute Gasteiger partial charge is 0.491 e. The lowest BCUT2D eigenvalue weighted by Gasteiger charge is -2.25. The maximum Gasteiger partial charge on any atom is 0.230 e. The second-order valence-corrected chi connectivity index (χ2v) is 4.89. The van der Waals surface area contributed by atoms with Crippen LogP contribution in [0, 0.1) is 5.92 Å². The molecule has 4 heteroatoms. The van der Waals surface area contributed by atoms with Gasteiger partial charge in [0.25, 0.3) is 0 Å². The third-order valence-electron chi connectivity index (χ3n) is 3.31. The number of hydrogen-bond acceptors (Lipinski definition) is 3. The van der Waals surface area contributed by atoms with Gasteiger partial charge in [0.1, 0.15) is 5.75 Å². The number of hydrogen-bond donors (Lipinski definition) is 1. The molecule has 1 aromatic carbocycles. The fourth-order valence-electron chi connectivity index (χ4n) is 2.09. The first kappa shape index (κ1) is 13.3. The van der Waals surface area contributed by atoms with E-state index in [0.29, 0.717) is 18.9 Å². The molecular weight excluding hydrogens is 246 g/mol. The standard InChI is InChI=1S/C14H19NO2S/c1-2-11(10-18)9-15-12-5-3-4-6-13(12)17-8-7-14(15)16/h3-6,11,18H,2,7-10H2,1H3. The number of rotatable bonds is 4. The van der Waals surface area contributed by atoms with E-state index in [9.17, 15) is 4.79 Å². The Bertz CT molecular complexity index is 418. The van der Waals surface area contributed by atoms with Crippen molar-refractivity contribution in [1.82, 2.24) is 0 Å². The lowest BCUT2D eigenvalue weighted by Crippen LogP contribution is -2.35. The van der Waals surface area contributed by atoms with Crippen LogP contribution >= 0.6 is 12.6 Å². The van der Waals surface area contributed by atoms with Gasteiger partial charge in [-0.15, -0.1) is 0 Å². The van der Waals surface area contributed by atoms with E-state index >= 15 is 0 Å². The molecule has 0 saturated heterocycles. The summed E-state index contributed by atoms with van der Waals surface area (Å²) in [7, 11) is 0. The summed E-state index contributed by atoms with van der Waals surface area (Å²) in [5, 5.41) is 0. The van der Waals surface area contributed by atoms with Gasteiger partial charge in [0.15, 0.2) is 0 Å². The average Bonchev–Trinajstić information content (AvgIpc) is 2.55. The van der Waals surface area contributed by atoms with Crippen LogP contribution in [0.15, 0.2) is 24.3 Å². The first-order chi connectivity index (χ1) is 8.76. The van der Waals surface area contributed by atoms with Gasteiger partial charge in [-0.25, -0.2) is 0 Å². The van der Waals surface area contributed by atoms with Crippen molar-refractivity contribution in [2.75, 3.05) is 23.8 Å². The summed E-state index contributed by atoms with van der Waals surface area (Å²) in [6, 6.07) is 7.74. The van der Waals surface area contributed by atoms with Crippen molar-refractivity contribution in [2.45, 2.75) is 19.8 Å². The maximum atomic E-state index is 12.2. The van der Waals surface area contributed by atoms with Gasteiger partial charge in [-0.2, -0.15) is 12.6 Å². The summed E-state index contributed by atoms with van der Waals surface area (Å²) in [6.45, 7) is 3.31. The Morgan fingerprint density at radius 3 is 2.94 bits per heavy atom. The SMILES string of the molecule is CCC(CS)CN1C(=O)CCOc2ccccc21. The number of thiol groups is 1. The molecule has 1 amide bonds. The zero-order valence-electron chi connectivity index (χ0n) is 10.6. The van der Waals surface area contributed by atoms with Crippen molar-refractivity contribution >= 4 is 24.2 Å². The van der Waals surface area contributed by atoms with Crippen molar-refractivity contribution in [1.29, 1.82) is 0 Å². The molecule has 0 aliphatic carbocycles. The molecule has 1 unspecified atom stereocenters. The van der Waals surface area contributed by atoms with E-state index in [1.54, 1.807) is 0 Å². The molecule has 1 aliphatic heterocycles. The molecule has 98 valence electrons. The highest BCUT2D eigenvalue weighted by atomic mass is 32.1. The van der Waals surface area contributed by atoms with Crippen molar-refractivity contribution in [2.24, 2.45) is 5.92 Å². The highest BCUT2D eigenvalue weighted by Gasteiger charge is 2.24. The molecule has 0 fully saturated rings. The Morgan fingerprint density at radius 2 is 2.22 bits per heavy atom. The molecular formula is C14H19NO2S. The third kappa shape index (κ3) is 2.80. The first-order valence-electron chi connectivity index (χ1n) is 6.39. The summed E-state index contributed by atoms with van der Waals surface area (Å²) in [5.41, 5.74) is 0.889. The lowest BCUT2D eigenvalue weighted by molar-refractivity contribution is -0.118. The highest BCUT2D eigenvalue weighted by Crippen LogP contribution is 2.31. The van der Waals surface area contributed by atoms with Crippen LogP contribution in [0.4, 0.5) is 5.69 Å². The molecule has 0 bridgehead atoms. The Labute approximate surface area is 114 Å². The van der Waals surface area contributed by atoms with Crippen LogP contribution < -0.4 is 9.64 Å². The number of carbonyl (C=O) groups excluding carboxylic acids is 1. The Morgan fingerprint density at radius 1 is 1.44 bits per heavy atom. The fraction of sp³-hybridized carbons (Fsp3) is 0.500. The molecule has 3 nitrogen and oxygen atoms in total. The second kappa shape index (κ2) is 6.14. The molecule has 0 aromatic heterocycles. The van der Waals surface area contributed by atoms with E-state index < -0.39 is 0 Å². The molecule has 18 heavy (non-hydrogen) atoms. The van der Waals surface area contributed by atoms with Crippen LogP contribution in [-0.2, 0) is 4.79 Å². The smallest absolute Gasteiger partial charge is 0.230 e. The van der Waals surface area contributed by atoms with Crippen LogP contribution in [0.5, 0.6) is 5.75 Å². The quantitative estimate of drug-likeness (QED) is 0.848. The number of amides is 1. The number of nitrogens with zero attached hydrogens (tertiary/aromatic N) is 1. The van der Waals surface area contributed by atoms with Crippen LogP contribution in [0.3, 0.4) is 0 Å². The summed E-state index contributed by atoms with van der Waals surface area (Å²) >= 11 is 4.35. The molecule has 1 aromatic rings. The highest BCUT2D eigenvalue weighted by molar-refractivity contribution is 7.80. The van der Waals surface area contributed by atoms with Crippen LogP contribution in [0.25, 0.3) is 0 Å². The molecule has 1 heterocycles. The van der Waals surface area contributed by atoms with Gasteiger partial charge in [0, 0.05) is 6.54 Å². The van der Waals surface area contributed by atoms with Crippen molar-refractivity contribution < 1.29 is 9.53 Å². The zero-order chi connectivity index (χ0) is 13.0. The number of fused-ring (bicyclic) bond motifs is 1. The van der Waals surface area contributed by atoms with Gasteiger partial charge >= 0.3 is 0 Å². The summed E-state index contributed by atoms with van der Waals surface area (Å²) in [4.78, 5) is 14.0. The number of anilines is 1. The minimum absolute atomic E-state index is 0.139. The van der Waals surface area contributed by atoms with Crippen molar-refractivity contribution in [3.63, 3.8) is 0 Å². The normalized spacial score (nSPS) is 16.8. The van der Waals surface area contributed by atoms with Crippen molar-refractivity contribution in [3.8, 4) is 5.75 Å². The third-order valence-corrected chi connectivity index (χ3v) is 3.82. The summed E-state index contributed by atoms with van der Waals surface area (Å²) < 4.78 is 5.62. The van der Waals surface area contributed by atoms with E-state index in [2.05, 4.69) is 19.6 Å². The average molecular weight is 265 g/mol. The lowest BCUT2D eigenvalue weighted by atomic mass is 10.1. The molecule has 1 aliphatic rings. The monoisotopic (exact) mass is 265 g/mol. The van der Waals surface area contributed by atoms with Crippen LogP contribution in [-0.4, -0.2) is 24.8 Å². The number of benzene rings is 1. The van der Waals surface area contributed by atoms with Gasteiger partial charge in [-0.05, 0) is 23.8 Å². The molecule has 0 radical (unpaired) electrons. The number of para-hydroxylation sites is 2. The van der Waals surface area contributed by atoms with E-state index in [0.717, 1.165) is 30.2 Å². The molecule has 1 atom stereocenters. The molecule has 0 saturated carbocycles. The summed E-state index contributed by atoms with van der Waals surface area (Å²) in [5.74, 6) is 2.16. The Hall–Kier alpha value is -1.16. The van der Waals surface area contributed by atoms with Crippen LogP contribution in [0.1, 0.15) is 19.8 Å². The van der Waals surface area contributed by atoms with Gasteiger partial charge in [0.05, 0.1) is 18.7 Å². The van der Waals surface area contributed by atoms with Gasteiger partial charge in [-0.3, -0.25) is 4.79 Å². The zero-order valence-corrected chi connectivity index (χ0v) is 11.5. The van der Waals surface area contributed by atoms with E-state index in [-0.39, 0.29) is 5.91 Å². The molecule has 0 N–H and O–H groups in total. The van der Waals surface area contributed by atoms with Crippen molar-refractivity contribution in [3.05, 3.63) is 24.3 Å². The molecule has 2 rings (SSSR count). The van der Waals surface area contributed by atoms with Gasteiger partial charge < -0.3 is 9.64 Å². The predicted octanol–water partition coefficient (Wildman–Crippen LogP) is 2.76.